The summed E-state index contributed by atoms with van der Waals surface area (Å²) in [5.74, 6) is 0.325. The number of aromatic hydroxyl groups is 1. The van der Waals surface area contributed by atoms with Crippen molar-refractivity contribution in [3.05, 3.63) is 52.5 Å². The molecule has 4 rings (SSSR count). The normalized spacial score (nSPS) is 15.9. The Morgan fingerprint density at radius 3 is 2.89 bits per heavy atom. The van der Waals surface area contributed by atoms with Gasteiger partial charge in [0.15, 0.2) is 17.2 Å². The van der Waals surface area contributed by atoms with Crippen molar-refractivity contribution in [2.75, 3.05) is 27.4 Å². The van der Waals surface area contributed by atoms with Crippen LogP contribution in [0, 0.1) is 0 Å². The topological polar surface area (TPSA) is 87.7 Å². The van der Waals surface area contributed by atoms with Gasteiger partial charge in [-0.1, -0.05) is 12.1 Å². The van der Waals surface area contributed by atoms with E-state index in [9.17, 15) is 9.90 Å². The van der Waals surface area contributed by atoms with E-state index in [0.717, 1.165) is 28.1 Å². The van der Waals surface area contributed by atoms with Crippen molar-refractivity contribution in [1.82, 2.24) is 15.1 Å². The number of phenolic OH excluding ortho intramolecular Hbond substituents is 1. The van der Waals surface area contributed by atoms with E-state index in [1.54, 1.807) is 30.6 Å². The van der Waals surface area contributed by atoms with E-state index >= 15 is 0 Å². The molecular formula is C20H21N3O4S. The fourth-order valence-electron chi connectivity index (χ4n) is 3.62. The average molecular weight is 399 g/mol. The third-order valence-corrected chi connectivity index (χ3v) is 5.77. The minimum absolute atomic E-state index is 0.0624. The van der Waals surface area contributed by atoms with Gasteiger partial charge in [0.25, 0.3) is 5.91 Å². The molecule has 0 fully saturated rings. The molecule has 8 heteroatoms. The van der Waals surface area contributed by atoms with Crippen LogP contribution in [0.4, 0.5) is 0 Å². The van der Waals surface area contributed by atoms with Crippen LogP contribution in [0.15, 0.2) is 35.7 Å². The molecule has 1 amide bonds. The van der Waals surface area contributed by atoms with Crippen molar-refractivity contribution in [3.8, 4) is 22.1 Å². The van der Waals surface area contributed by atoms with Crippen molar-refractivity contribution in [3.63, 3.8) is 0 Å². The molecule has 1 aromatic carbocycles. The van der Waals surface area contributed by atoms with Crippen LogP contribution in [0.2, 0.25) is 0 Å². The average Bonchev–Trinajstić information content (AvgIpc) is 3.41. The summed E-state index contributed by atoms with van der Waals surface area (Å²) in [7, 11) is 3.16. The zero-order chi connectivity index (χ0) is 19.7. The summed E-state index contributed by atoms with van der Waals surface area (Å²) in [6.07, 6.45) is 0.719. The Kier molecular flexibility index (Phi) is 5.06. The van der Waals surface area contributed by atoms with Crippen LogP contribution < -0.4 is 4.74 Å². The second-order valence-electron chi connectivity index (χ2n) is 6.52. The number of thiophene rings is 1. The Bertz CT molecular complexity index is 984. The monoisotopic (exact) mass is 399 g/mol. The Balaban J connectivity index is 1.82. The minimum Gasteiger partial charge on any atom is -0.504 e. The number of methoxy groups -OCH3 is 2. The van der Waals surface area contributed by atoms with Gasteiger partial charge in [-0.2, -0.15) is 5.10 Å². The van der Waals surface area contributed by atoms with Crippen LogP contribution in [0.1, 0.15) is 34.1 Å². The first-order valence-corrected chi connectivity index (χ1v) is 9.82. The Labute approximate surface area is 166 Å². The van der Waals surface area contributed by atoms with Gasteiger partial charge in [-0.05, 0) is 35.6 Å². The molecule has 0 saturated heterocycles. The highest BCUT2D eigenvalue weighted by Gasteiger charge is 2.42. The molecule has 0 bridgehead atoms. The third-order valence-electron chi connectivity index (χ3n) is 4.89. The zero-order valence-electron chi connectivity index (χ0n) is 15.6. The smallest absolute Gasteiger partial charge is 0.275 e. The van der Waals surface area contributed by atoms with E-state index in [1.807, 2.05) is 28.5 Å². The fourth-order valence-corrected chi connectivity index (χ4v) is 4.35. The molecule has 7 nitrogen and oxygen atoms in total. The summed E-state index contributed by atoms with van der Waals surface area (Å²) in [6.45, 7) is 1.11. The second kappa shape index (κ2) is 7.65. The number of rotatable bonds is 7. The molecule has 146 valence electrons. The molecule has 0 radical (unpaired) electrons. The first kappa shape index (κ1) is 18.5. The number of benzene rings is 1. The lowest BCUT2D eigenvalue weighted by Gasteiger charge is -2.26. The number of nitrogens with zero attached hydrogens (tertiary/aromatic N) is 2. The number of aromatic nitrogens is 2. The number of hydrogen-bond acceptors (Lipinski definition) is 6. The van der Waals surface area contributed by atoms with E-state index in [0.29, 0.717) is 24.6 Å². The second-order valence-corrected chi connectivity index (χ2v) is 7.46. The maximum atomic E-state index is 13.1. The predicted octanol–water partition coefficient (Wildman–Crippen LogP) is 3.43. The summed E-state index contributed by atoms with van der Waals surface area (Å²) in [4.78, 5) is 15.9. The molecule has 2 aromatic heterocycles. The van der Waals surface area contributed by atoms with Crippen molar-refractivity contribution in [2.24, 2.45) is 0 Å². The zero-order valence-corrected chi connectivity index (χ0v) is 16.5. The van der Waals surface area contributed by atoms with Gasteiger partial charge in [-0.25, -0.2) is 0 Å². The van der Waals surface area contributed by atoms with Gasteiger partial charge in [0.05, 0.1) is 23.7 Å². The van der Waals surface area contributed by atoms with Crippen LogP contribution in [-0.4, -0.2) is 53.5 Å². The third kappa shape index (κ3) is 3.04. The van der Waals surface area contributed by atoms with E-state index in [4.69, 9.17) is 9.47 Å². The highest BCUT2D eigenvalue weighted by molar-refractivity contribution is 7.13. The largest absolute Gasteiger partial charge is 0.504 e. The molecular weight excluding hydrogens is 378 g/mol. The van der Waals surface area contributed by atoms with Gasteiger partial charge < -0.3 is 19.5 Å². The summed E-state index contributed by atoms with van der Waals surface area (Å²) >= 11 is 1.59. The van der Waals surface area contributed by atoms with E-state index in [2.05, 4.69) is 10.2 Å². The number of hydrogen-bond donors (Lipinski definition) is 2. The number of phenols is 1. The Morgan fingerprint density at radius 2 is 2.18 bits per heavy atom. The van der Waals surface area contributed by atoms with Crippen LogP contribution in [-0.2, 0) is 4.74 Å². The van der Waals surface area contributed by atoms with Crippen molar-refractivity contribution < 1.29 is 19.4 Å². The number of carbonyl (C=O) groups excluding carboxylic acids is 1. The SMILES string of the molecule is COCCCN1C(=O)c2n[nH]c(-c3cccs3)c2[C@@H]1c1ccc(O)c(OC)c1. The predicted molar refractivity (Wildman–Crippen MR) is 106 cm³/mol. The highest BCUT2D eigenvalue weighted by Crippen LogP contribution is 2.45. The van der Waals surface area contributed by atoms with Gasteiger partial charge in [-0.3, -0.25) is 9.89 Å². The first-order chi connectivity index (χ1) is 13.7. The van der Waals surface area contributed by atoms with Crippen LogP contribution in [0.3, 0.4) is 0 Å². The molecule has 28 heavy (non-hydrogen) atoms. The lowest BCUT2D eigenvalue weighted by Crippen LogP contribution is -2.31. The van der Waals surface area contributed by atoms with Crippen LogP contribution >= 0.6 is 11.3 Å². The number of carbonyl (C=O) groups is 1. The van der Waals surface area contributed by atoms with Crippen LogP contribution in [0.25, 0.3) is 10.6 Å². The molecule has 2 N–H and O–H groups in total. The molecule has 0 saturated carbocycles. The van der Waals surface area contributed by atoms with E-state index < -0.39 is 0 Å². The van der Waals surface area contributed by atoms with Crippen molar-refractivity contribution in [1.29, 1.82) is 0 Å². The summed E-state index contributed by atoms with van der Waals surface area (Å²) in [5, 5.41) is 19.4. The quantitative estimate of drug-likeness (QED) is 0.594. The Hall–Kier alpha value is -2.84. The van der Waals surface area contributed by atoms with Crippen molar-refractivity contribution in [2.45, 2.75) is 12.5 Å². The maximum absolute atomic E-state index is 13.1. The summed E-state index contributed by atoms with van der Waals surface area (Å²) in [6, 6.07) is 8.85. The van der Waals surface area contributed by atoms with Gasteiger partial charge >= 0.3 is 0 Å². The van der Waals surface area contributed by atoms with Crippen LogP contribution in [0.5, 0.6) is 11.5 Å². The lowest BCUT2D eigenvalue weighted by atomic mass is 9.97. The first-order valence-electron chi connectivity index (χ1n) is 8.94. The molecule has 1 aliphatic heterocycles. The van der Waals surface area contributed by atoms with Crippen molar-refractivity contribution >= 4 is 17.2 Å². The molecule has 3 aromatic rings. The molecule has 1 aliphatic rings. The molecule has 0 spiro atoms. The van der Waals surface area contributed by atoms with E-state index in [-0.39, 0.29) is 17.7 Å². The molecule has 0 aliphatic carbocycles. The number of amides is 1. The minimum atomic E-state index is -0.315. The number of H-pyrrole nitrogens is 1. The number of ether oxygens (including phenoxy) is 2. The summed E-state index contributed by atoms with van der Waals surface area (Å²) in [5.41, 5.74) is 3.01. The molecule has 0 unspecified atom stereocenters. The Morgan fingerprint density at radius 1 is 1.32 bits per heavy atom. The van der Waals surface area contributed by atoms with E-state index in [1.165, 1.54) is 7.11 Å². The highest BCUT2D eigenvalue weighted by atomic mass is 32.1. The van der Waals surface area contributed by atoms with Gasteiger partial charge in [0.2, 0.25) is 0 Å². The summed E-state index contributed by atoms with van der Waals surface area (Å²) < 4.78 is 10.4. The number of nitrogens with one attached hydrogen (secondary N) is 1. The number of fused-ring (bicyclic) bond motifs is 1. The van der Waals surface area contributed by atoms with Gasteiger partial charge in [-0.15, -0.1) is 11.3 Å². The standard InChI is InChI=1S/C20H21N3O4S/c1-26-9-4-8-23-19(12-6-7-13(24)14(11-12)27-2)16-17(15-5-3-10-28-15)21-22-18(16)20(23)25/h3,5-7,10-11,19,24H,4,8-9H2,1-2H3,(H,21,22)/t19-/m0/s1. The number of aromatic amines is 1. The molecule has 3 heterocycles. The maximum Gasteiger partial charge on any atom is 0.275 e. The molecule has 1 atom stereocenters. The van der Waals surface area contributed by atoms with Gasteiger partial charge in [0, 0.05) is 25.8 Å². The lowest BCUT2D eigenvalue weighted by molar-refractivity contribution is 0.0723. The van der Waals surface area contributed by atoms with Gasteiger partial charge in [0.1, 0.15) is 0 Å². The fraction of sp³-hybridized carbons (Fsp3) is 0.300.